The molecule has 0 amide bonds. The van der Waals surface area contributed by atoms with Gasteiger partial charge in [0.25, 0.3) is 0 Å². The number of halogens is 3. The molecule has 3 rings (SSSR count). The molecule has 6 heteroatoms. The fourth-order valence-corrected chi connectivity index (χ4v) is 2.63. The lowest BCUT2D eigenvalue weighted by atomic mass is 10.0. The van der Waals surface area contributed by atoms with Crippen LogP contribution in [0.5, 0.6) is 0 Å². The van der Waals surface area contributed by atoms with E-state index in [4.69, 9.17) is 9.52 Å². The summed E-state index contributed by atoms with van der Waals surface area (Å²) in [5.41, 5.74) is 1.13. The minimum absolute atomic E-state index is 0.00273. The number of aliphatic hydroxyl groups excluding tert-OH is 1. The van der Waals surface area contributed by atoms with Gasteiger partial charge in [0.15, 0.2) is 5.76 Å². The third-order valence-electron chi connectivity index (χ3n) is 3.80. The first-order valence-corrected chi connectivity index (χ1v) is 7.57. The Balaban J connectivity index is 2.16. The minimum Gasteiger partial charge on any atom is -0.460 e. The zero-order valence-electron chi connectivity index (χ0n) is 13.0. The Labute approximate surface area is 136 Å². The second kappa shape index (κ2) is 6.28. The van der Waals surface area contributed by atoms with E-state index in [1.165, 1.54) is 6.07 Å². The molecule has 0 unspecified atom stereocenters. The van der Waals surface area contributed by atoms with Gasteiger partial charge >= 0.3 is 6.18 Å². The van der Waals surface area contributed by atoms with E-state index in [1.807, 2.05) is 13.0 Å². The van der Waals surface area contributed by atoms with Crippen LogP contribution in [0.3, 0.4) is 0 Å². The number of nitrogens with zero attached hydrogens (tertiary/aromatic N) is 1. The molecular weight excluding hydrogens is 319 g/mol. The van der Waals surface area contributed by atoms with Gasteiger partial charge in [-0.15, -0.1) is 0 Å². The molecule has 24 heavy (non-hydrogen) atoms. The van der Waals surface area contributed by atoms with Crippen LogP contribution < -0.4 is 0 Å². The molecule has 0 aliphatic rings. The van der Waals surface area contributed by atoms with Crippen molar-refractivity contribution in [3.05, 3.63) is 53.3 Å². The summed E-state index contributed by atoms with van der Waals surface area (Å²) in [5, 5.41) is 9.49. The van der Waals surface area contributed by atoms with Crippen LogP contribution in [0.25, 0.3) is 22.4 Å². The maximum Gasteiger partial charge on any atom is 0.416 e. The number of pyridine rings is 1. The van der Waals surface area contributed by atoms with Gasteiger partial charge in [0.2, 0.25) is 0 Å². The number of benzene rings is 1. The van der Waals surface area contributed by atoms with Gasteiger partial charge in [0.1, 0.15) is 11.5 Å². The number of aryl methyl sites for hydroxylation is 2. The van der Waals surface area contributed by atoms with Crippen LogP contribution in [0, 0.1) is 6.92 Å². The largest absolute Gasteiger partial charge is 0.460 e. The molecule has 0 saturated heterocycles. The monoisotopic (exact) mass is 335 g/mol. The molecule has 126 valence electrons. The summed E-state index contributed by atoms with van der Waals surface area (Å²) in [7, 11) is 0. The highest BCUT2D eigenvalue weighted by atomic mass is 19.4. The molecule has 2 heterocycles. The molecule has 0 fully saturated rings. The maximum atomic E-state index is 12.9. The standard InChI is InChI=1S/C18H16F3NO2/c1-11-4-7-16(24-11)17-12(3-2-8-23)9-13-10-14(18(19,20)21)5-6-15(13)22-17/h4-7,9-10,23H,2-3,8H2,1H3. The smallest absolute Gasteiger partial charge is 0.416 e. The van der Waals surface area contributed by atoms with E-state index in [0.29, 0.717) is 35.2 Å². The molecule has 0 aliphatic carbocycles. The normalized spacial score (nSPS) is 12.0. The molecule has 3 nitrogen and oxygen atoms in total. The van der Waals surface area contributed by atoms with Gasteiger partial charge < -0.3 is 9.52 Å². The Bertz CT molecular complexity index is 868. The maximum absolute atomic E-state index is 12.9. The van der Waals surface area contributed by atoms with Crippen molar-refractivity contribution in [3.63, 3.8) is 0 Å². The number of hydrogen-bond acceptors (Lipinski definition) is 3. The molecule has 0 aliphatic heterocycles. The second-order valence-corrected chi connectivity index (χ2v) is 5.64. The van der Waals surface area contributed by atoms with E-state index in [-0.39, 0.29) is 6.61 Å². The first kappa shape index (κ1) is 16.5. The molecule has 3 aromatic rings. The molecule has 0 radical (unpaired) electrons. The van der Waals surface area contributed by atoms with Crippen molar-refractivity contribution in [3.8, 4) is 11.5 Å². The molecule has 0 atom stereocenters. The average Bonchev–Trinajstić information content (AvgIpc) is 2.97. The van der Waals surface area contributed by atoms with Crippen LogP contribution >= 0.6 is 0 Å². The van der Waals surface area contributed by atoms with Crippen molar-refractivity contribution in [2.45, 2.75) is 25.9 Å². The van der Waals surface area contributed by atoms with Crippen molar-refractivity contribution in [2.75, 3.05) is 6.61 Å². The summed E-state index contributed by atoms with van der Waals surface area (Å²) in [4.78, 5) is 4.49. The average molecular weight is 335 g/mol. The lowest BCUT2D eigenvalue weighted by Gasteiger charge is -2.11. The molecule has 2 aromatic heterocycles. The quantitative estimate of drug-likeness (QED) is 0.748. The minimum atomic E-state index is -4.39. The summed E-state index contributed by atoms with van der Waals surface area (Å²) in [6.45, 7) is 1.81. The zero-order valence-corrected chi connectivity index (χ0v) is 13.0. The van der Waals surface area contributed by atoms with E-state index in [9.17, 15) is 13.2 Å². The molecule has 0 saturated carbocycles. The van der Waals surface area contributed by atoms with Crippen molar-refractivity contribution in [2.24, 2.45) is 0 Å². The number of fused-ring (bicyclic) bond motifs is 1. The molecular formula is C18H16F3NO2. The summed E-state index contributed by atoms with van der Waals surface area (Å²) in [6.07, 6.45) is -3.39. The van der Waals surface area contributed by atoms with E-state index in [2.05, 4.69) is 4.98 Å². The topological polar surface area (TPSA) is 46.3 Å². The Morgan fingerprint density at radius 2 is 1.92 bits per heavy atom. The number of alkyl halides is 3. The van der Waals surface area contributed by atoms with Gasteiger partial charge in [-0.05, 0) is 61.7 Å². The third-order valence-corrected chi connectivity index (χ3v) is 3.80. The highest BCUT2D eigenvalue weighted by Gasteiger charge is 2.30. The number of rotatable bonds is 4. The number of aromatic nitrogens is 1. The van der Waals surface area contributed by atoms with Gasteiger partial charge in [0.05, 0.1) is 11.1 Å². The predicted molar refractivity (Wildman–Crippen MR) is 84.6 cm³/mol. The lowest BCUT2D eigenvalue weighted by Crippen LogP contribution is -2.05. The summed E-state index contributed by atoms with van der Waals surface area (Å²) in [5.74, 6) is 1.30. The van der Waals surface area contributed by atoms with Gasteiger partial charge in [-0.1, -0.05) is 0 Å². The van der Waals surface area contributed by atoms with Crippen LogP contribution in [0.4, 0.5) is 13.2 Å². The Morgan fingerprint density at radius 1 is 1.12 bits per heavy atom. The van der Waals surface area contributed by atoms with Crippen LogP contribution in [0.2, 0.25) is 0 Å². The van der Waals surface area contributed by atoms with Gasteiger partial charge in [0, 0.05) is 12.0 Å². The highest BCUT2D eigenvalue weighted by molar-refractivity contribution is 5.83. The van der Waals surface area contributed by atoms with Crippen LogP contribution in [-0.4, -0.2) is 16.7 Å². The van der Waals surface area contributed by atoms with Crippen LogP contribution in [0.15, 0.2) is 40.8 Å². The van der Waals surface area contributed by atoms with E-state index in [0.717, 1.165) is 23.5 Å². The van der Waals surface area contributed by atoms with Crippen molar-refractivity contribution >= 4 is 10.9 Å². The third kappa shape index (κ3) is 3.28. The van der Waals surface area contributed by atoms with E-state index >= 15 is 0 Å². The Kier molecular flexibility index (Phi) is 4.32. The molecule has 0 spiro atoms. The first-order chi connectivity index (χ1) is 11.4. The van der Waals surface area contributed by atoms with E-state index in [1.54, 1.807) is 12.1 Å². The number of aliphatic hydroxyl groups is 1. The van der Waals surface area contributed by atoms with Crippen LogP contribution in [0.1, 0.15) is 23.3 Å². The summed E-state index contributed by atoms with van der Waals surface area (Å²) >= 11 is 0. The van der Waals surface area contributed by atoms with Crippen molar-refractivity contribution < 1.29 is 22.7 Å². The van der Waals surface area contributed by atoms with Crippen LogP contribution in [-0.2, 0) is 12.6 Å². The molecule has 1 aromatic carbocycles. The fraction of sp³-hybridized carbons (Fsp3) is 0.278. The lowest BCUT2D eigenvalue weighted by molar-refractivity contribution is -0.137. The first-order valence-electron chi connectivity index (χ1n) is 7.57. The van der Waals surface area contributed by atoms with Gasteiger partial charge in [-0.3, -0.25) is 0 Å². The fourth-order valence-electron chi connectivity index (χ4n) is 2.63. The SMILES string of the molecule is Cc1ccc(-c2nc3ccc(C(F)(F)F)cc3cc2CCCO)o1. The van der Waals surface area contributed by atoms with E-state index < -0.39 is 11.7 Å². The zero-order chi connectivity index (χ0) is 17.3. The summed E-state index contributed by atoms with van der Waals surface area (Å²) < 4.78 is 44.3. The predicted octanol–water partition coefficient (Wildman–Crippen LogP) is 4.75. The van der Waals surface area contributed by atoms with Gasteiger partial charge in [-0.2, -0.15) is 13.2 Å². The Morgan fingerprint density at radius 3 is 2.54 bits per heavy atom. The highest BCUT2D eigenvalue weighted by Crippen LogP contribution is 2.33. The molecule has 0 bridgehead atoms. The summed E-state index contributed by atoms with van der Waals surface area (Å²) in [6, 6.07) is 8.79. The number of furan rings is 1. The molecule has 1 N–H and O–H groups in total. The van der Waals surface area contributed by atoms with Crippen molar-refractivity contribution in [1.82, 2.24) is 4.98 Å². The Hall–Kier alpha value is -2.34. The number of hydrogen-bond donors (Lipinski definition) is 1. The second-order valence-electron chi connectivity index (χ2n) is 5.64. The van der Waals surface area contributed by atoms with Gasteiger partial charge in [-0.25, -0.2) is 4.98 Å². The van der Waals surface area contributed by atoms with Crippen molar-refractivity contribution in [1.29, 1.82) is 0 Å².